The lowest BCUT2D eigenvalue weighted by Gasteiger charge is -2.20. The molecule has 0 rings (SSSR count). The van der Waals surface area contributed by atoms with Crippen molar-refractivity contribution in [1.82, 2.24) is 0 Å². The number of aliphatic hydroxyl groups is 1. The molecule has 0 aromatic heterocycles. The maximum Gasteiger partial charge on any atom is 0.472 e. The van der Waals surface area contributed by atoms with E-state index in [0.29, 0.717) is 25.7 Å². The molecule has 0 fully saturated rings. The Kier molecular flexibility index (Phi) is 38.2. The summed E-state index contributed by atoms with van der Waals surface area (Å²) in [5.74, 6) is -2.56. The topological polar surface area (TPSA) is 192 Å². The molecule has 0 aliphatic carbocycles. The molecule has 0 spiro atoms. The van der Waals surface area contributed by atoms with Crippen LogP contribution < -0.4 is 5.73 Å². The van der Waals surface area contributed by atoms with Gasteiger partial charge in [0, 0.05) is 19.4 Å². The minimum Gasteiger partial charge on any atom is -0.480 e. The molecule has 0 aromatic rings. The van der Waals surface area contributed by atoms with Gasteiger partial charge in [-0.1, -0.05) is 123 Å². The largest absolute Gasteiger partial charge is 0.480 e. The highest BCUT2D eigenvalue weighted by molar-refractivity contribution is 7.47. The van der Waals surface area contributed by atoms with E-state index >= 15 is 0 Å². The van der Waals surface area contributed by atoms with Crippen LogP contribution in [0.4, 0.5) is 0 Å². The van der Waals surface area contributed by atoms with Crippen LogP contribution in [0.15, 0.2) is 109 Å². The van der Waals surface area contributed by atoms with Crippen molar-refractivity contribution in [3.63, 3.8) is 0 Å². The van der Waals surface area contributed by atoms with E-state index in [4.69, 9.17) is 29.9 Å². The van der Waals surface area contributed by atoms with Gasteiger partial charge < -0.3 is 30.3 Å². The summed E-state index contributed by atoms with van der Waals surface area (Å²) in [6, 6.07) is -1.55. The van der Waals surface area contributed by atoms with Gasteiger partial charge in [-0.15, -0.1) is 0 Å². The van der Waals surface area contributed by atoms with Crippen LogP contribution in [0.3, 0.4) is 0 Å². The number of hydrogen-bond acceptors (Lipinski definition) is 10. The third kappa shape index (κ3) is 40.7. The summed E-state index contributed by atoms with van der Waals surface area (Å²) in [6.07, 6.45) is 50.4. The number of hydrogen-bond donors (Lipinski definition) is 4. The predicted molar refractivity (Wildman–Crippen MR) is 236 cm³/mol. The molecule has 1 unspecified atom stereocenters. The van der Waals surface area contributed by atoms with Gasteiger partial charge in [0.15, 0.2) is 6.10 Å². The Morgan fingerprint density at radius 1 is 0.559 bits per heavy atom. The van der Waals surface area contributed by atoms with E-state index in [1.165, 1.54) is 0 Å². The third-order valence-corrected chi connectivity index (χ3v) is 9.01. The Morgan fingerprint density at radius 3 is 1.41 bits per heavy atom. The Morgan fingerprint density at radius 2 is 0.966 bits per heavy atom. The smallest absolute Gasteiger partial charge is 0.472 e. The molecule has 0 heterocycles. The molecule has 0 radical (unpaired) electrons. The molecule has 12 nitrogen and oxygen atoms in total. The Balaban J connectivity index is 4.60. The number of esters is 2. The van der Waals surface area contributed by atoms with E-state index in [2.05, 4.69) is 96.5 Å². The first-order valence-corrected chi connectivity index (χ1v) is 22.5. The van der Waals surface area contributed by atoms with Crippen molar-refractivity contribution < 1.29 is 52.6 Å². The highest BCUT2D eigenvalue weighted by Crippen LogP contribution is 2.43. The SMILES string of the molecule is CC/C=C\C/C=C\C/C=C\C/C=C\C/C=C\CCCC(=O)OC[C@H](COP(=O)(O)OC[C@H](N)C(=O)O)OC(=O)CCC/C=C\C/C=C\C/C=C\C/C=C\CCCCCO. The molecule has 0 aliphatic heterocycles. The van der Waals surface area contributed by atoms with Crippen LogP contribution in [0.1, 0.15) is 122 Å². The quantitative estimate of drug-likeness (QED) is 0.0199. The lowest BCUT2D eigenvalue weighted by atomic mass is 10.2. The summed E-state index contributed by atoms with van der Waals surface area (Å²) in [4.78, 5) is 45.9. The van der Waals surface area contributed by atoms with Crippen molar-refractivity contribution in [2.75, 3.05) is 26.4 Å². The van der Waals surface area contributed by atoms with E-state index < -0.39 is 57.7 Å². The number of carbonyl (C=O) groups is 3. The van der Waals surface area contributed by atoms with Crippen LogP contribution in [0, 0.1) is 0 Å². The van der Waals surface area contributed by atoms with Crippen molar-refractivity contribution in [2.24, 2.45) is 5.73 Å². The molecule has 0 bridgehead atoms. The second kappa shape index (κ2) is 40.9. The van der Waals surface area contributed by atoms with Crippen LogP contribution in [-0.4, -0.2) is 71.6 Å². The lowest BCUT2D eigenvalue weighted by molar-refractivity contribution is -0.161. The molecule has 0 amide bonds. The van der Waals surface area contributed by atoms with E-state index in [1.807, 2.05) is 24.3 Å². The van der Waals surface area contributed by atoms with Gasteiger partial charge >= 0.3 is 25.7 Å². The van der Waals surface area contributed by atoms with Crippen molar-refractivity contribution in [1.29, 1.82) is 0 Å². The molecular weight excluding hydrogens is 773 g/mol. The highest BCUT2D eigenvalue weighted by Gasteiger charge is 2.28. The summed E-state index contributed by atoms with van der Waals surface area (Å²) in [5.41, 5.74) is 5.32. The van der Waals surface area contributed by atoms with Gasteiger partial charge in [-0.3, -0.25) is 23.4 Å². The molecule has 13 heteroatoms. The van der Waals surface area contributed by atoms with Crippen molar-refractivity contribution in [3.05, 3.63) is 109 Å². The van der Waals surface area contributed by atoms with Crippen molar-refractivity contribution >= 4 is 25.7 Å². The molecule has 59 heavy (non-hydrogen) atoms. The number of aliphatic carboxylic acids is 1. The van der Waals surface area contributed by atoms with Gasteiger partial charge in [-0.25, -0.2) is 4.57 Å². The first-order chi connectivity index (χ1) is 28.6. The second-order valence-corrected chi connectivity index (χ2v) is 14.9. The summed E-state index contributed by atoms with van der Waals surface area (Å²) >= 11 is 0. The number of rotatable bonds is 38. The maximum absolute atomic E-state index is 12.6. The number of carboxylic acids is 1. The number of carboxylic acid groups (broad SMARTS) is 1. The number of phosphoric ester groups is 1. The van der Waals surface area contributed by atoms with Crippen molar-refractivity contribution in [3.8, 4) is 0 Å². The van der Waals surface area contributed by atoms with Crippen LogP contribution in [0.25, 0.3) is 0 Å². The van der Waals surface area contributed by atoms with E-state index in [-0.39, 0.29) is 19.4 Å². The van der Waals surface area contributed by atoms with Gasteiger partial charge in [-0.2, -0.15) is 0 Å². The molecule has 5 N–H and O–H groups in total. The fraction of sp³-hybridized carbons (Fsp3) is 0.543. The highest BCUT2D eigenvalue weighted by atomic mass is 31.2. The predicted octanol–water partition coefficient (Wildman–Crippen LogP) is 10.0. The summed E-state index contributed by atoms with van der Waals surface area (Å²) in [5, 5.41) is 17.7. The van der Waals surface area contributed by atoms with Gasteiger partial charge in [0.1, 0.15) is 12.6 Å². The van der Waals surface area contributed by atoms with Crippen LogP contribution in [0.5, 0.6) is 0 Å². The van der Waals surface area contributed by atoms with E-state index in [1.54, 1.807) is 0 Å². The molecule has 0 saturated heterocycles. The molecule has 3 atom stereocenters. The molecule has 0 aromatic carbocycles. The molecular formula is C46H72NO11P. The number of allylic oxidation sites excluding steroid dienone is 18. The molecule has 0 aliphatic rings. The fourth-order valence-electron chi connectivity index (χ4n) is 4.78. The summed E-state index contributed by atoms with van der Waals surface area (Å²) in [7, 11) is -4.76. The number of unbranched alkanes of at least 4 members (excludes halogenated alkanes) is 5. The zero-order chi connectivity index (χ0) is 43.5. The monoisotopic (exact) mass is 845 g/mol. The third-order valence-electron chi connectivity index (χ3n) is 8.06. The van der Waals surface area contributed by atoms with Gasteiger partial charge in [0.05, 0.1) is 13.2 Å². The van der Waals surface area contributed by atoms with E-state index in [9.17, 15) is 23.8 Å². The first kappa shape index (κ1) is 55.1. The Bertz CT molecular complexity index is 1410. The first-order valence-electron chi connectivity index (χ1n) is 21.0. The summed E-state index contributed by atoms with van der Waals surface area (Å²) < 4.78 is 32.5. The summed E-state index contributed by atoms with van der Waals surface area (Å²) in [6.45, 7) is 0.548. The lowest BCUT2D eigenvalue weighted by Crippen LogP contribution is -2.34. The van der Waals surface area contributed by atoms with Crippen molar-refractivity contribution in [2.45, 2.75) is 135 Å². The average molecular weight is 846 g/mol. The number of carbonyl (C=O) groups excluding carboxylic acids is 2. The number of phosphoric acid groups is 1. The second-order valence-electron chi connectivity index (χ2n) is 13.5. The number of ether oxygens (including phenoxy) is 2. The number of aliphatic hydroxyl groups excluding tert-OH is 1. The minimum absolute atomic E-state index is 0.0561. The Hall–Kier alpha value is -3.90. The Labute approximate surface area is 353 Å². The minimum atomic E-state index is -4.76. The van der Waals surface area contributed by atoms with Crippen LogP contribution in [0.2, 0.25) is 0 Å². The maximum atomic E-state index is 12.6. The zero-order valence-electron chi connectivity index (χ0n) is 35.2. The van der Waals surface area contributed by atoms with E-state index in [0.717, 1.165) is 77.0 Å². The zero-order valence-corrected chi connectivity index (χ0v) is 36.1. The average Bonchev–Trinajstić information content (AvgIpc) is 3.21. The van der Waals surface area contributed by atoms with Gasteiger partial charge in [-0.05, 0) is 96.3 Å². The molecule has 0 saturated carbocycles. The van der Waals surface area contributed by atoms with Crippen LogP contribution in [-0.2, 0) is 37.5 Å². The van der Waals surface area contributed by atoms with Crippen LogP contribution >= 0.6 is 7.82 Å². The van der Waals surface area contributed by atoms with Gasteiger partial charge in [0.2, 0.25) is 0 Å². The fourth-order valence-corrected chi connectivity index (χ4v) is 5.55. The number of nitrogens with two attached hydrogens (primary N) is 1. The normalized spacial score (nSPS) is 14.8. The van der Waals surface area contributed by atoms with Gasteiger partial charge in [0.25, 0.3) is 0 Å². The standard InChI is InChI=1S/C46H72NO11P/c1-2-3-4-5-6-7-8-9-10-12-15-18-21-24-27-30-33-36-44(49)55-39-42(40-56-59(53,54)57-41-43(47)46(51)52)58-45(50)37-34-31-28-25-22-19-16-13-11-14-17-20-23-26-29-32-35-38-48/h3-4,6-7,9-11,14-16,18-20,23-25,27-28,42-43,48H,2,5,8,12-13,17,21-22,26,29-41,47H2,1H3,(H,51,52)(H,53,54)/b4-3-,7-6-,10-9-,14-11-,18-15-,19-16-,23-20-,27-24-,28-25-/t42-,43+/m1/s1. The molecule has 332 valence electrons.